The molecule has 1 aliphatic carbocycles. The van der Waals surface area contributed by atoms with Gasteiger partial charge in [0.05, 0.1) is 12.7 Å². The molecule has 2 rings (SSSR count). The standard InChI is InChI=1S/C22H28O2/c1-7-11-23-20-10-9-18(13-16(20)3)19-14-17(4)21(24-12-8-2)22(5,6)15-19/h7-10,13-15,21H,1-2,11-12H2,3-6H3. The van der Waals surface area contributed by atoms with Gasteiger partial charge in [-0.2, -0.15) is 0 Å². The molecule has 128 valence electrons. The third-order valence-corrected chi connectivity index (χ3v) is 4.25. The van der Waals surface area contributed by atoms with Crippen LogP contribution in [0.4, 0.5) is 0 Å². The van der Waals surface area contributed by atoms with Gasteiger partial charge in [-0.15, -0.1) is 6.58 Å². The molecule has 2 nitrogen and oxygen atoms in total. The molecule has 0 fully saturated rings. The minimum Gasteiger partial charge on any atom is -0.489 e. The lowest BCUT2D eigenvalue weighted by atomic mass is 9.76. The Kier molecular flexibility index (Phi) is 5.84. The number of benzene rings is 1. The van der Waals surface area contributed by atoms with Crippen molar-refractivity contribution in [3.05, 3.63) is 72.4 Å². The molecule has 2 heteroatoms. The van der Waals surface area contributed by atoms with E-state index in [1.165, 1.54) is 16.7 Å². The fourth-order valence-corrected chi connectivity index (χ4v) is 3.24. The highest BCUT2D eigenvalue weighted by Crippen LogP contribution is 2.39. The van der Waals surface area contributed by atoms with Crippen molar-refractivity contribution >= 4 is 5.57 Å². The van der Waals surface area contributed by atoms with E-state index in [9.17, 15) is 0 Å². The molecule has 0 N–H and O–H groups in total. The molecule has 0 bridgehead atoms. The van der Waals surface area contributed by atoms with Gasteiger partial charge >= 0.3 is 0 Å². The maximum Gasteiger partial charge on any atom is 0.122 e. The molecule has 1 unspecified atom stereocenters. The molecule has 1 aliphatic rings. The zero-order chi connectivity index (χ0) is 17.7. The first kappa shape index (κ1) is 18.3. The van der Waals surface area contributed by atoms with Crippen LogP contribution >= 0.6 is 0 Å². The summed E-state index contributed by atoms with van der Waals surface area (Å²) in [6, 6.07) is 6.32. The number of aryl methyl sites for hydroxylation is 1. The second kappa shape index (κ2) is 7.67. The maximum atomic E-state index is 5.97. The Morgan fingerprint density at radius 2 is 1.83 bits per heavy atom. The Morgan fingerprint density at radius 3 is 2.42 bits per heavy atom. The van der Waals surface area contributed by atoms with Gasteiger partial charge in [-0.1, -0.05) is 50.8 Å². The van der Waals surface area contributed by atoms with E-state index in [0.29, 0.717) is 13.2 Å². The second-order valence-electron chi connectivity index (χ2n) is 6.89. The Bertz CT molecular complexity index is 677. The molecule has 24 heavy (non-hydrogen) atoms. The van der Waals surface area contributed by atoms with Gasteiger partial charge in [0.15, 0.2) is 0 Å². The maximum absolute atomic E-state index is 5.97. The van der Waals surface area contributed by atoms with Crippen molar-refractivity contribution in [3.63, 3.8) is 0 Å². The summed E-state index contributed by atoms with van der Waals surface area (Å²) in [5, 5.41) is 0. The zero-order valence-corrected chi connectivity index (χ0v) is 15.3. The topological polar surface area (TPSA) is 18.5 Å². The Balaban J connectivity index is 2.29. The van der Waals surface area contributed by atoms with Gasteiger partial charge in [-0.05, 0) is 48.3 Å². The highest BCUT2D eigenvalue weighted by atomic mass is 16.5. The fourth-order valence-electron chi connectivity index (χ4n) is 3.24. The Labute approximate surface area is 146 Å². The summed E-state index contributed by atoms with van der Waals surface area (Å²) in [5.74, 6) is 0.905. The molecule has 0 saturated heterocycles. The van der Waals surface area contributed by atoms with Crippen LogP contribution in [0.2, 0.25) is 0 Å². The predicted octanol–water partition coefficient (Wildman–Crippen LogP) is 5.50. The van der Waals surface area contributed by atoms with Gasteiger partial charge in [0, 0.05) is 5.41 Å². The molecule has 0 aliphatic heterocycles. The number of rotatable bonds is 7. The minimum absolute atomic E-state index is 0.0664. The van der Waals surface area contributed by atoms with Gasteiger partial charge in [0.25, 0.3) is 0 Å². The van der Waals surface area contributed by atoms with E-state index in [4.69, 9.17) is 9.47 Å². The van der Waals surface area contributed by atoms with Gasteiger partial charge < -0.3 is 9.47 Å². The molecule has 0 amide bonds. The van der Waals surface area contributed by atoms with Crippen molar-refractivity contribution in [2.24, 2.45) is 5.41 Å². The fraction of sp³-hybridized carbons (Fsp3) is 0.364. The van der Waals surface area contributed by atoms with E-state index in [2.05, 4.69) is 65.1 Å². The highest BCUT2D eigenvalue weighted by Gasteiger charge is 2.33. The molecular weight excluding hydrogens is 296 g/mol. The lowest BCUT2D eigenvalue weighted by Crippen LogP contribution is -2.34. The summed E-state index contributed by atoms with van der Waals surface area (Å²) >= 11 is 0. The van der Waals surface area contributed by atoms with Crippen LogP contribution in [0.5, 0.6) is 5.75 Å². The SMILES string of the molecule is C=CCOc1ccc(C2=CC(C)(C)C(OCC=C)C(C)=C2)cc1C. The van der Waals surface area contributed by atoms with E-state index < -0.39 is 0 Å². The first-order chi connectivity index (χ1) is 11.4. The summed E-state index contributed by atoms with van der Waals surface area (Å²) in [6.07, 6.45) is 8.16. The van der Waals surface area contributed by atoms with E-state index >= 15 is 0 Å². The minimum atomic E-state index is -0.0664. The van der Waals surface area contributed by atoms with Crippen LogP contribution in [0.15, 0.2) is 61.2 Å². The summed E-state index contributed by atoms with van der Waals surface area (Å²) in [6.45, 7) is 17.2. The molecule has 0 heterocycles. The summed E-state index contributed by atoms with van der Waals surface area (Å²) < 4.78 is 11.6. The number of ether oxygens (including phenoxy) is 2. The largest absolute Gasteiger partial charge is 0.489 e. The van der Waals surface area contributed by atoms with Crippen LogP contribution in [-0.4, -0.2) is 19.3 Å². The molecule has 1 aromatic carbocycles. The van der Waals surface area contributed by atoms with Crippen molar-refractivity contribution in [1.29, 1.82) is 0 Å². The van der Waals surface area contributed by atoms with E-state index in [0.717, 1.165) is 11.3 Å². The van der Waals surface area contributed by atoms with Crippen molar-refractivity contribution in [1.82, 2.24) is 0 Å². The first-order valence-corrected chi connectivity index (χ1v) is 8.37. The van der Waals surface area contributed by atoms with Gasteiger partial charge in [0.2, 0.25) is 0 Å². The van der Waals surface area contributed by atoms with E-state index in [1.807, 2.05) is 6.07 Å². The van der Waals surface area contributed by atoms with Crippen molar-refractivity contribution in [2.45, 2.75) is 33.8 Å². The van der Waals surface area contributed by atoms with Crippen LogP contribution in [0.1, 0.15) is 31.9 Å². The smallest absolute Gasteiger partial charge is 0.122 e. The number of hydrogen-bond donors (Lipinski definition) is 0. The highest BCUT2D eigenvalue weighted by molar-refractivity contribution is 5.77. The van der Waals surface area contributed by atoms with Crippen LogP contribution < -0.4 is 4.74 Å². The molecule has 0 aromatic heterocycles. The molecule has 0 spiro atoms. The molecule has 1 atom stereocenters. The lowest BCUT2D eigenvalue weighted by molar-refractivity contribution is 0.0358. The lowest BCUT2D eigenvalue weighted by Gasteiger charge is -2.36. The predicted molar refractivity (Wildman–Crippen MR) is 102 cm³/mol. The van der Waals surface area contributed by atoms with E-state index in [-0.39, 0.29) is 11.5 Å². The van der Waals surface area contributed by atoms with Crippen LogP contribution in [0.3, 0.4) is 0 Å². The first-order valence-electron chi connectivity index (χ1n) is 8.37. The Morgan fingerprint density at radius 1 is 1.12 bits per heavy atom. The van der Waals surface area contributed by atoms with Gasteiger partial charge in [-0.3, -0.25) is 0 Å². The third-order valence-electron chi connectivity index (χ3n) is 4.25. The number of hydrogen-bond acceptors (Lipinski definition) is 2. The molecule has 1 aromatic rings. The van der Waals surface area contributed by atoms with Crippen LogP contribution in [0.25, 0.3) is 5.57 Å². The third kappa shape index (κ3) is 4.07. The quantitative estimate of drug-likeness (QED) is 0.617. The monoisotopic (exact) mass is 324 g/mol. The summed E-state index contributed by atoms with van der Waals surface area (Å²) in [5.41, 5.74) is 4.74. The second-order valence-corrected chi connectivity index (χ2v) is 6.89. The van der Waals surface area contributed by atoms with Crippen molar-refractivity contribution in [2.75, 3.05) is 13.2 Å². The van der Waals surface area contributed by atoms with E-state index in [1.54, 1.807) is 12.2 Å². The zero-order valence-electron chi connectivity index (χ0n) is 15.3. The normalized spacial score (nSPS) is 19.2. The van der Waals surface area contributed by atoms with Crippen LogP contribution in [0, 0.1) is 12.3 Å². The molecular formula is C22H28O2. The summed E-state index contributed by atoms with van der Waals surface area (Å²) in [4.78, 5) is 0. The molecule has 0 radical (unpaired) electrons. The molecule has 0 saturated carbocycles. The van der Waals surface area contributed by atoms with Gasteiger partial charge in [-0.25, -0.2) is 0 Å². The summed E-state index contributed by atoms with van der Waals surface area (Å²) in [7, 11) is 0. The van der Waals surface area contributed by atoms with Crippen molar-refractivity contribution < 1.29 is 9.47 Å². The average Bonchev–Trinajstić information content (AvgIpc) is 2.52. The number of allylic oxidation sites excluding steroid dienone is 2. The Hall–Kier alpha value is -2.06. The van der Waals surface area contributed by atoms with Crippen molar-refractivity contribution in [3.8, 4) is 5.75 Å². The average molecular weight is 324 g/mol. The van der Waals surface area contributed by atoms with Crippen LogP contribution in [-0.2, 0) is 4.74 Å². The van der Waals surface area contributed by atoms with Gasteiger partial charge in [0.1, 0.15) is 12.4 Å².